The third-order valence-electron chi connectivity index (χ3n) is 12.7. The number of rotatable bonds is 8. The Hall–Kier alpha value is -5.62. The van der Waals surface area contributed by atoms with E-state index in [0.29, 0.717) is 42.5 Å². The van der Waals surface area contributed by atoms with Gasteiger partial charge in [0.05, 0.1) is 19.4 Å². The van der Waals surface area contributed by atoms with Crippen molar-refractivity contribution in [1.82, 2.24) is 15.1 Å². The summed E-state index contributed by atoms with van der Waals surface area (Å²) in [5.41, 5.74) is 6.12. The van der Waals surface area contributed by atoms with E-state index < -0.39 is 11.9 Å². The van der Waals surface area contributed by atoms with Crippen molar-refractivity contribution >= 4 is 29.1 Å². The molecule has 5 aliphatic rings. The molecule has 11 nitrogen and oxygen atoms in total. The van der Waals surface area contributed by atoms with Gasteiger partial charge in [-0.1, -0.05) is 24.3 Å². The third-order valence-corrected chi connectivity index (χ3v) is 12.7. The topological polar surface area (TPSA) is 115 Å². The highest BCUT2D eigenvalue weighted by Crippen LogP contribution is 2.48. The molecule has 0 saturated carbocycles. The second kappa shape index (κ2) is 15.4. The Kier molecular flexibility index (Phi) is 9.98. The van der Waals surface area contributed by atoms with Crippen molar-refractivity contribution in [3.05, 3.63) is 112 Å². The second-order valence-corrected chi connectivity index (χ2v) is 16.1. The number of amides is 3. The largest absolute Gasteiger partial charge is 0.508 e. The summed E-state index contributed by atoms with van der Waals surface area (Å²) in [4.78, 5) is 45.9. The minimum Gasteiger partial charge on any atom is -0.508 e. The lowest BCUT2D eigenvalue weighted by molar-refractivity contribution is -0.136. The van der Waals surface area contributed by atoms with Gasteiger partial charge in [-0.25, -0.2) is 4.39 Å². The number of piperidine rings is 2. The number of phenolic OH excluding ortho intramolecular Hbond substituents is 1. The minimum atomic E-state index is -0.612. The van der Waals surface area contributed by atoms with E-state index in [-0.39, 0.29) is 41.6 Å². The number of fused-ring (bicyclic) bond motifs is 2. The number of benzene rings is 4. The van der Waals surface area contributed by atoms with E-state index in [1.165, 1.54) is 0 Å². The van der Waals surface area contributed by atoms with Crippen LogP contribution in [0.25, 0.3) is 0 Å². The summed E-state index contributed by atoms with van der Waals surface area (Å²) in [6, 6.07) is 24.2. The molecule has 0 bridgehead atoms. The lowest BCUT2D eigenvalue weighted by atomic mass is 9.75. The van der Waals surface area contributed by atoms with Crippen LogP contribution in [0.5, 0.6) is 17.2 Å². The summed E-state index contributed by atoms with van der Waals surface area (Å²) in [6.07, 6.45) is 2.60. The van der Waals surface area contributed by atoms with Gasteiger partial charge in [0.2, 0.25) is 11.8 Å². The van der Waals surface area contributed by atoms with Crippen LogP contribution >= 0.6 is 0 Å². The summed E-state index contributed by atoms with van der Waals surface area (Å²) >= 11 is 0. The van der Waals surface area contributed by atoms with Crippen molar-refractivity contribution in [1.29, 1.82) is 0 Å². The summed E-state index contributed by atoms with van der Waals surface area (Å²) in [5.74, 6) is 0.760. The molecular formula is C45H48FN5O6. The molecular weight excluding hydrogens is 726 g/mol. The van der Waals surface area contributed by atoms with E-state index >= 15 is 4.39 Å². The van der Waals surface area contributed by atoms with Crippen LogP contribution in [0.3, 0.4) is 0 Å². The number of imide groups is 1. The Bertz CT molecular complexity index is 2200. The van der Waals surface area contributed by atoms with Gasteiger partial charge in [-0.05, 0) is 90.4 Å². The number of nitrogens with one attached hydrogen (secondary N) is 1. The number of anilines is 2. The molecule has 12 heteroatoms. The highest BCUT2D eigenvalue weighted by Gasteiger charge is 2.40. The van der Waals surface area contributed by atoms with Gasteiger partial charge in [0.15, 0.2) is 0 Å². The maximum absolute atomic E-state index is 16.2. The number of hydrogen-bond acceptors (Lipinski definition) is 9. The molecule has 0 aromatic heterocycles. The first-order chi connectivity index (χ1) is 27.7. The van der Waals surface area contributed by atoms with Crippen LogP contribution in [-0.2, 0) is 16.1 Å². The zero-order chi connectivity index (χ0) is 39.2. The Morgan fingerprint density at radius 3 is 2.46 bits per heavy atom. The van der Waals surface area contributed by atoms with Crippen LogP contribution < -0.4 is 24.6 Å². The van der Waals surface area contributed by atoms with E-state index in [2.05, 4.69) is 38.2 Å². The van der Waals surface area contributed by atoms with Crippen LogP contribution in [-0.4, -0.2) is 98.2 Å². The summed E-state index contributed by atoms with van der Waals surface area (Å²) in [6.45, 7) is 7.06. The Labute approximate surface area is 331 Å². The summed E-state index contributed by atoms with van der Waals surface area (Å²) in [5, 5.41) is 12.5. The fraction of sp³-hybridized carbons (Fsp3) is 0.400. The predicted octanol–water partition coefficient (Wildman–Crippen LogP) is 5.65. The quantitative estimate of drug-likeness (QED) is 0.220. The molecule has 2 unspecified atom stereocenters. The van der Waals surface area contributed by atoms with Crippen LogP contribution in [0.1, 0.15) is 70.1 Å². The number of hydrogen-bond donors (Lipinski definition) is 2. The van der Waals surface area contributed by atoms with Gasteiger partial charge in [0.25, 0.3) is 5.91 Å². The molecule has 0 aliphatic carbocycles. The molecule has 4 aromatic carbocycles. The van der Waals surface area contributed by atoms with Crippen molar-refractivity contribution in [2.75, 3.05) is 69.3 Å². The maximum Gasteiger partial charge on any atom is 0.255 e. The third kappa shape index (κ3) is 7.27. The van der Waals surface area contributed by atoms with E-state index in [4.69, 9.17) is 9.47 Å². The van der Waals surface area contributed by atoms with E-state index in [1.807, 2.05) is 42.5 Å². The average Bonchev–Trinajstić information content (AvgIpc) is 3.55. The van der Waals surface area contributed by atoms with Gasteiger partial charge >= 0.3 is 0 Å². The summed E-state index contributed by atoms with van der Waals surface area (Å²) in [7, 11) is 1.65. The maximum atomic E-state index is 16.2. The molecule has 0 radical (unpaired) electrons. The SMILES string of the molecule is COc1cccc(C2COc3cc(O)ccc3[C@H]2c2ccc(N3CCC(CN4CCN(c5ccc6c(c5)CN(C5CCC(=O)NC5=O)C6=O)CC4)CC3)c(F)c2)c1. The second-order valence-electron chi connectivity index (χ2n) is 16.1. The molecule has 3 saturated heterocycles. The zero-order valence-corrected chi connectivity index (χ0v) is 32.2. The van der Waals surface area contributed by atoms with Gasteiger partial charge in [-0.15, -0.1) is 0 Å². The molecule has 3 atom stereocenters. The number of methoxy groups -OCH3 is 1. The van der Waals surface area contributed by atoms with Crippen molar-refractivity contribution in [3.63, 3.8) is 0 Å². The number of ether oxygens (including phenoxy) is 2. The number of carbonyl (C=O) groups excluding carboxylic acids is 3. The molecule has 5 heterocycles. The first-order valence-electron chi connectivity index (χ1n) is 20.1. The number of carbonyl (C=O) groups is 3. The highest BCUT2D eigenvalue weighted by atomic mass is 19.1. The summed E-state index contributed by atoms with van der Waals surface area (Å²) < 4.78 is 27.8. The van der Waals surface area contributed by atoms with Crippen molar-refractivity contribution < 1.29 is 33.4 Å². The Balaban J connectivity index is 0.802. The average molecular weight is 774 g/mol. The smallest absolute Gasteiger partial charge is 0.255 e. The van der Waals surface area contributed by atoms with Gasteiger partial charge in [-0.3, -0.25) is 24.6 Å². The van der Waals surface area contributed by atoms with Crippen LogP contribution in [0.2, 0.25) is 0 Å². The molecule has 296 valence electrons. The van der Waals surface area contributed by atoms with Gasteiger partial charge in [0.1, 0.15) is 29.1 Å². The first-order valence-corrected chi connectivity index (χ1v) is 20.1. The van der Waals surface area contributed by atoms with Crippen molar-refractivity contribution in [2.45, 2.75) is 50.1 Å². The van der Waals surface area contributed by atoms with E-state index in [9.17, 15) is 19.5 Å². The van der Waals surface area contributed by atoms with Crippen LogP contribution in [0.4, 0.5) is 15.8 Å². The van der Waals surface area contributed by atoms with Crippen molar-refractivity contribution in [2.24, 2.45) is 5.92 Å². The normalized spacial score (nSPS) is 22.9. The Morgan fingerprint density at radius 1 is 0.860 bits per heavy atom. The fourth-order valence-corrected chi connectivity index (χ4v) is 9.61. The molecule has 5 aliphatic heterocycles. The van der Waals surface area contributed by atoms with E-state index in [1.54, 1.807) is 30.2 Å². The molecule has 3 fully saturated rings. The number of nitrogens with zero attached hydrogens (tertiary/aromatic N) is 4. The molecule has 3 amide bonds. The molecule has 4 aromatic rings. The molecule has 9 rings (SSSR count). The highest BCUT2D eigenvalue weighted by molar-refractivity contribution is 6.05. The number of phenols is 1. The monoisotopic (exact) mass is 773 g/mol. The van der Waals surface area contributed by atoms with Crippen LogP contribution in [0, 0.1) is 11.7 Å². The predicted molar refractivity (Wildman–Crippen MR) is 214 cm³/mol. The van der Waals surface area contributed by atoms with Crippen molar-refractivity contribution in [3.8, 4) is 17.2 Å². The number of piperazine rings is 1. The fourth-order valence-electron chi connectivity index (χ4n) is 9.61. The lowest BCUT2D eigenvalue weighted by Crippen LogP contribution is -2.52. The Morgan fingerprint density at radius 2 is 1.68 bits per heavy atom. The number of halogens is 1. The standard InChI is InChI=1S/C45H48FN5O6/c1-56-34-4-2-3-29(22-34)37-27-57-41-24-33(52)7-9-36(41)43(37)30-5-10-39(38(46)23-30)50-15-13-28(14-16-50)25-48-17-19-49(20-18-48)32-6-8-35-31(21-32)26-51(45(35)55)40-11-12-42(53)47-44(40)54/h2-10,21-24,28,37,40,43,52H,11-20,25-27H2,1H3,(H,47,53,54)/t37?,40?,43-/m1/s1. The van der Waals surface area contributed by atoms with Gasteiger partial charge < -0.3 is 29.3 Å². The lowest BCUT2D eigenvalue weighted by Gasteiger charge is -2.40. The van der Waals surface area contributed by atoms with Crippen LogP contribution in [0.15, 0.2) is 78.9 Å². The van der Waals surface area contributed by atoms with Gasteiger partial charge in [0, 0.05) is 93.5 Å². The minimum absolute atomic E-state index is 0.0723. The molecule has 57 heavy (non-hydrogen) atoms. The number of aromatic hydroxyl groups is 1. The van der Waals surface area contributed by atoms with E-state index in [0.717, 1.165) is 92.3 Å². The van der Waals surface area contributed by atoms with Gasteiger partial charge in [-0.2, -0.15) is 0 Å². The molecule has 0 spiro atoms. The first kappa shape index (κ1) is 37.0. The zero-order valence-electron chi connectivity index (χ0n) is 32.2. The molecule has 2 N–H and O–H groups in total.